The lowest BCUT2D eigenvalue weighted by Gasteiger charge is -2.14. The van der Waals surface area contributed by atoms with E-state index in [1.807, 2.05) is 31.2 Å². The van der Waals surface area contributed by atoms with Crippen LogP contribution in [0.3, 0.4) is 0 Å². The van der Waals surface area contributed by atoms with Crippen LogP contribution in [0.15, 0.2) is 36.4 Å². The van der Waals surface area contributed by atoms with Gasteiger partial charge in [0, 0.05) is 12.2 Å². The molecular weight excluding hydrogens is 286 g/mol. The minimum atomic E-state index is 0.552. The second-order valence-electron chi connectivity index (χ2n) is 4.71. The van der Waals surface area contributed by atoms with E-state index in [0.29, 0.717) is 29.7 Å². The van der Waals surface area contributed by atoms with Crippen molar-refractivity contribution < 1.29 is 9.47 Å². The van der Waals surface area contributed by atoms with E-state index in [-0.39, 0.29) is 0 Å². The van der Waals surface area contributed by atoms with Gasteiger partial charge in [0.2, 0.25) is 0 Å². The molecule has 0 aliphatic heterocycles. The van der Waals surface area contributed by atoms with Crippen LogP contribution in [0, 0.1) is 6.92 Å². The van der Waals surface area contributed by atoms with Gasteiger partial charge < -0.3 is 14.8 Å². The molecule has 1 N–H and O–H groups in total. The molecule has 0 aliphatic rings. The standard InChI is InChI=1S/C17H20ClNO2/c1-4-21-17-14(18)9-13(10-16(17)20-3)11-19-15-8-6-5-7-12(15)2/h5-10,19H,4,11H2,1-3H3. The molecule has 112 valence electrons. The largest absolute Gasteiger partial charge is 0.493 e. The second kappa shape index (κ2) is 7.23. The molecule has 2 aromatic rings. The smallest absolute Gasteiger partial charge is 0.179 e. The van der Waals surface area contributed by atoms with Crippen molar-refractivity contribution in [3.05, 3.63) is 52.5 Å². The first kappa shape index (κ1) is 15.5. The SMILES string of the molecule is CCOc1c(Cl)cc(CNc2ccccc2C)cc1OC. The molecule has 0 aliphatic carbocycles. The quantitative estimate of drug-likeness (QED) is 0.841. The molecule has 0 spiro atoms. The number of hydrogen-bond acceptors (Lipinski definition) is 3. The number of methoxy groups -OCH3 is 1. The number of nitrogens with one attached hydrogen (secondary N) is 1. The van der Waals surface area contributed by atoms with Crippen LogP contribution in [0.1, 0.15) is 18.1 Å². The van der Waals surface area contributed by atoms with Crippen molar-refractivity contribution >= 4 is 17.3 Å². The van der Waals surface area contributed by atoms with Gasteiger partial charge in [-0.2, -0.15) is 0 Å². The molecule has 21 heavy (non-hydrogen) atoms. The molecule has 0 aromatic heterocycles. The van der Waals surface area contributed by atoms with Crippen molar-refractivity contribution in [3.8, 4) is 11.5 Å². The van der Waals surface area contributed by atoms with Crippen LogP contribution in [0.25, 0.3) is 0 Å². The van der Waals surface area contributed by atoms with Gasteiger partial charge in [0.15, 0.2) is 11.5 Å². The lowest BCUT2D eigenvalue weighted by molar-refractivity contribution is 0.311. The third-order valence-corrected chi connectivity index (χ3v) is 3.49. The maximum atomic E-state index is 6.27. The zero-order valence-corrected chi connectivity index (χ0v) is 13.3. The molecule has 0 fully saturated rings. The van der Waals surface area contributed by atoms with Crippen LogP contribution in [-0.2, 0) is 6.54 Å². The maximum Gasteiger partial charge on any atom is 0.179 e. The van der Waals surface area contributed by atoms with Gasteiger partial charge in [0.1, 0.15) is 0 Å². The number of benzene rings is 2. The number of ether oxygens (including phenoxy) is 2. The van der Waals surface area contributed by atoms with Gasteiger partial charge in [-0.05, 0) is 43.2 Å². The zero-order valence-electron chi connectivity index (χ0n) is 12.6. The fourth-order valence-electron chi connectivity index (χ4n) is 2.13. The van der Waals surface area contributed by atoms with Crippen LogP contribution in [0.5, 0.6) is 11.5 Å². The minimum Gasteiger partial charge on any atom is -0.493 e. The normalized spacial score (nSPS) is 10.3. The van der Waals surface area contributed by atoms with Crippen molar-refractivity contribution in [2.45, 2.75) is 20.4 Å². The maximum absolute atomic E-state index is 6.27. The van der Waals surface area contributed by atoms with E-state index < -0.39 is 0 Å². The van der Waals surface area contributed by atoms with E-state index in [9.17, 15) is 0 Å². The molecule has 0 radical (unpaired) electrons. The summed E-state index contributed by atoms with van der Waals surface area (Å²) in [5.41, 5.74) is 3.37. The van der Waals surface area contributed by atoms with Crippen molar-refractivity contribution in [1.82, 2.24) is 0 Å². The van der Waals surface area contributed by atoms with E-state index in [1.165, 1.54) is 5.56 Å². The van der Waals surface area contributed by atoms with Crippen LogP contribution >= 0.6 is 11.6 Å². The highest BCUT2D eigenvalue weighted by Gasteiger charge is 2.11. The Morgan fingerprint density at radius 2 is 1.95 bits per heavy atom. The number of hydrogen-bond donors (Lipinski definition) is 1. The molecule has 2 rings (SSSR count). The van der Waals surface area contributed by atoms with Crippen LogP contribution in [-0.4, -0.2) is 13.7 Å². The van der Waals surface area contributed by atoms with E-state index in [2.05, 4.69) is 24.4 Å². The summed E-state index contributed by atoms with van der Waals surface area (Å²) < 4.78 is 10.9. The molecule has 0 unspecified atom stereocenters. The molecule has 0 saturated carbocycles. The van der Waals surface area contributed by atoms with E-state index in [4.69, 9.17) is 21.1 Å². The lowest BCUT2D eigenvalue weighted by atomic mass is 10.1. The van der Waals surface area contributed by atoms with Gasteiger partial charge in [-0.1, -0.05) is 29.8 Å². The number of halogens is 1. The summed E-state index contributed by atoms with van der Waals surface area (Å²) in [5, 5.41) is 3.97. The Labute approximate surface area is 130 Å². The minimum absolute atomic E-state index is 0.552. The third-order valence-electron chi connectivity index (χ3n) is 3.21. The van der Waals surface area contributed by atoms with E-state index >= 15 is 0 Å². The van der Waals surface area contributed by atoms with Crippen molar-refractivity contribution in [1.29, 1.82) is 0 Å². The van der Waals surface area contributed by atoms with Crippen LogP contribution < -0.4 is 14.8 Å². The molecule has 0 saturated heterocycles. The van der Waals surface area contributed by atoms with Crippen molar-refractivity contribution in [2.24, 2.45) is 0 Å². The van der Waals surface area contributed by atoms with Gasteiger partial charge >= 0.3 is 0 Å². The Bertz CT molecular complexity index is 614. The summed E-state index contributed by atoms with van der Waals surface area (Å²) >= 11 is 6.27. The zero-order chi connectivity index (χ0) is 15.2. The van der Waals surface area contributed by atoms with Gasteiger partial charge in [0.05, 0.1) is 18.7 Å². The van der Waals surface area contributed by atoms with Gasteiger partial charge in [-0.15, -0.1) is 0 Å². The summed E-state index contributed by atoms with van der Waals surface area (Å²) in [6.07, 6.45) is 0. The average molecular weight is 306 g/mol. The summed E-state index contributed by atoms with van der Waals surface area (Å²) in [4.78, 5) is 0. The Balaban J connectivity index is 2.17. The molecule has 0 bridgehead atoms. The first-order valence-corrected chi connectivity index (χ1v) is 7.32. The molecule has 4 heteroatoms. The van der Waals surface area contributed by atoms with Gasteiger partial charge in [-0.3, -0.25) is 0 Å². The van der Waals surface area contributed by atoms with Crippen LogP contribution in [0.2, 0.25) is 5.02 Å². The summed E-state index contributed by atoms with van der Waals surface area (Å²) in [7, 11) is 1.62. The predicted molar refractivity (Wildman–Crippen MR) is 87.7 cm³/mol. The van der Waals surface area contributed by atoms with Crippen LogP contribution in [0.4, 0.5) is 5.69 Å². The van der Waals surface area contributed by atoms with Gasteiger partial charge in [-0.25, -0.2) is 0 Å². The topological polar surface area (TPSA) is 30.5 Å². The van der Waals surface area contributed by atoms with Crippen molar-refractivity contribution in [2.75, 3.05) is 19.0 Å². The second-order valence-corrected chi connectivity index (χ2v) is 5.12. The fraction of sp³-hybridized carbons (Fsp3) is 0.294. The first-order valence-electron chi connectivity index (χ1n) is 6.94. The number of aryl methyl sites for hydroxylation is 1. The number of anilines is 1. The highest BCUT2D eigenvalue weighted by molar-refractivity contribution is 6.32. The highest BCUT2D eigenvalue weighted by Crippen LogP contribution is 2.36. The summed E-state index contributed by atoms with van der Waals surface area (Å²) in [5.74, 6) is 1.26. The third kappa shape index (κ3) is 3.82. The lowest BCUT2D eigenvalue weighted by Crippen LogP contribution is -2.03. The molecule has 0 atom stereocenters. The fourth-order valence-corrected chi connectivity index (χ4v) is 2.42. The molecular formula is C17H20ClNO2. The summed E-state index contributed by atoms with van der Waals surface area (Å²) in [6.45, 7) is 5.22. The van der Waals surface area contributed by atoms with E-state index in [1.54, 1.807) is 7.11 Å². The Kier molecular flexibility index (Phi) is 5.34. The number of para-hydroxylation sites is 1. The Hall–Kier alpha value is -1.87. The average Bonchev–Trinajstić information content (AvgIpc) is 2.48. The monoisotopic (exact) mass is 305 g/mol. The van der Waals surface area contributed by atoms with Crippen molar-refractivity contribution in [3.63, 3.8) is 0 Å². The Morgan fingerprint density at radius 1 is 1.19 bits per heavy atom. The first-order chi connectivity index (χ1) is 10.2. The predicted octanol–water partition coefficient (Wildman–Crippen LogP) is 4.67. The Morgan fingerprint density at radius 3 is 2.62 bits per heavy atom. The highest BCUT2D eigenvalue weighted by atomic mass is 35.5. The molecule has 0 heterocycles. The molecule has 0 amide bonds. The molecule has 3 nitrogen and oxygen atoms in total. The van der Waals surface area contributed by atoms with Gasteiger partial charge in [0.25, 0.3) is 0 Å². The molecule has 2 aromatic carbocycles. The summed E-state index contributed by atoms with van der Waals surface area (Å²) in [6, 6.07) is 12.0. The van der Waals surface area contributed by atoms with E-state index in [0.717, 1.165) is 11.3 Å². The number of rotatable bonds is 6.